The van der Waals surface area contributed by atoms with Crippen molar-refractivity contribution in [3.05, 3.63) is 40.9 Å². The molecule has 0 unspecified atom stereocenters. The summed E-state index contributed by atoms with van der Waals surface area (Å²) in [5, 5.41) is 0. The number of ketones is 1. The Morgan fingerprint density at radius 1 is 1.44 bits per heavy atom. The van der Waals surface area contributed by atoms with E-state index in [1.807, 2.05) is 19.1 Å². The molecule has 0 N–H and O–H groups in total. The molecule has 1 rings (SSSR count). The summed E-state index contributed by atoms with van der Waals surface area (Å²) in [5.41, 5.74) is 10.6. The summed E-state index contributed by atoms with van der Waals surface area (Å²) < 4.78 is 0. The average Bonchev–Trinajstić information content (AvgIpc) is 2.30. The van der Waals surface area contributed by atoms with Gasteiger partial charge in [0.05, 0.1) is 5.56 Å². The summed E-state index contributed by atoms with van der Waals surface area (Å²) in [5.74, 6) is 2.13. The van der Waals surface area contributed by atoms with E-state index in [2.05, 4.69) is 10.7 Å². The van der Waals surface area contributed by atoms with Crippen molar-refractivity contribution in [1.29, 1.82) is 0 Å². The highest BCUT2D eigenvalue weighted by Gasteiger charge is 2.21. The topological polar surface area (TPSA) is 53.5 Å². The molecular weight excluding hydrogens is 200 g/mol. The first kappa shape index (κ1) is 11.9. The third-order valence-corrected chi connectivity index (χ3v) is 2.19. The summed E-state index contributed by atoms with van der Waals surface area (Å²) in [7, 11) is 0. The number of rotatable bonds is 4. The predicted molar refractivity (Wildman–Crippen MR) is 62.0 cm³/mol. The van der Waals surface area contributed by atoms with Gasteiger partial charge in [-0.15, -0.1) is 12.3 Å². The average molecular weight is 212 g/mol. The minimum Gasteiger partial charge on any atom is -0.361 e. The Hall–Kier alpha value is -2.17. The van der Waals surface area contributed by atoms with Crippen LogP contribution in [0, 0.1) is 19.3 Å². The number of benzene rings is 1. The lowest BCUT2D eigenvalue weighted by Crippen LogP contribution is -2.16. The van der Waals surface area contributed by atoms with Crippen molar-refractivity contribution in [3.8, 4) is 12.3 Å². The van der Waals surface area contributed by atoms with E-state index >= 15 is 0 Å². The summed E-state index contributed by atoms with van der Waals surface area (Å²) in [4.78, 5) is 14.7. The third kappa shape index (κ3) is 2.91. The van der Waals surface area contributed by atoms with Gasteiger partial charge >= 0.3 is 5.71 Å². The Kier molecular flexibility index (Phi) is 4.20. The SMILES string of the molecule is C#CCCC(=O)C(=[N+]=[N-])c1ccc(C)cc1. The molecule has 0 amide bonds. The molecule has 80 valence electrons. The molecule has 0 saturated heterocycles. The van der Waals surface area contributed by atoms with E-state index in [4.69, 9.17) is 12.0 Å². The van der Waals surface area contributed by atoms with E-state index in [1.165, 1.54) is 0 Å². The van der Waals surface area contributed by atoms with Crippen molar-refractivity contribution < 1.29 is 9.58 Å². The maximum Gasteiger partial charge on any atom is 0.364 e. The fourth-order valence-corrected chi connectivity index (χ4v) is 1.29. The van der Waals surface area contributed by atoms with Crippen LogP contribution in [-0.2, 0) is 4.79 Å². The number of nitrogens with zero attached hydrogens (tertiary/aromatic N) is 2. The van der Waals surface area contributed by atoms with Crippen molar-refractivity contribution in [3.63, 3.8) is 0 Å². The van der Waals surface area contributed by atoms with Crippen LogP contribution >= 0.6 is 0 Å². The third-order valence-electron chi connectivity index (χ3n) is 2.19. The van der Waals surface area contributed by atoms with Crippen LogP contribution in [0.15, 0.2) is 24.3 Å². The lowest BCUT2D eigenvalue weighted by atomic mass is 10.0. The smallest absolute Gasteiger partial charge is 0.361 e. The van der Waals surface area contributed by atoms with Crippen molar-refractivity contribution in [2.45, 2.75) is 19.8 Å². The molecule has 3 nitrogen and oxygen atoms in total. The van der Waals surface area contributed by atoms with Crippen LogP contribution in [0.25, 0.3) is 5.53 Å². The first-order valence-corrected chi connectivity index (χ1v) is 4.94. The van der Waals surface area contributed by atoms with Crippen LogP contribution in [0.4, 0.5) is 0 Å². The molecule has 16 heavy (non-hydrogen) atoms. The highest BCUT2D eigenvalue weighted by atomic mass is 16.1. The van der Waals surface area contributed by atoms with Gasteiger partial charge in [0, 0.05) is 12.8 Å². The molecule has 0 aliphatic carbocycles. The molecule has 1 aromatic carbocycles. The number of hydrogen-bond acceptors (Lipinski definition) is 1. The largest absolute Gasteiger partial charge is 0.364 e. The fourth-order valence-electron chi connectivity index (χ4n) is 1.29. The van der Waals surface area contributed by atoms with Crippen molar-refractivity contribution >= 4 is 11.5 Å². The maximum absolute atomic E-state index is 11.6. The van der Waals surface area contributed by atoms with E-state index < -0.39 is 0 Å². The van der Waals surface area contributed by atoms with Gasteiger partial charge in [0.15, 0.2) is 0 Å². The molecule has 0 spiro atoms. The Bertz CT molecular complexity index is 474. The van der Waals surface area contributed by atoms with E-state index in [-0.39, 0.29) is 17.9 Å². The minimum atomic E-state index is -0.246. The fraction of sp³-hybridized carbons (Fsp3) is 0.231. The van der Waals surface area contributed by atoms with Crippen LogP contribution < -0.4 is 0 Å². The molecule has 0 aliphatic heterocycles. The second-order valence-electron chi connectivity index (χ2n) is 3.44. The van der Waals surface area contributed by atoms with E-state index in [0.29, 0.717) is 12.0 Å². The molecule has 0 bridgehead atoms. The summed E-state index contributed by atoms with van der Waals surface area (Å²) in [6.45, 7) is 1.94. The molecular formula is C13H12N2O. The first-order chi connectivity index (χ1) is 7.69. The highest BCUT2D eigenvalue weighted by Crippen LogP contribution is 2.06. The van der Waals surface area contributed by atoms with E-state index in [1.54, 1.807) is 12.1 Å². The first-order valence-electron chi connectivity index (χ1n) is 4.94. The Morgan fingerprint density at radius 3 is 2.56 bits per heavy atom. The number of aryl methyl sites for hydroxylation is 1. The second kappa shape index (κ2) is 5.65. The quantitative estimate of drug-likeness (QED) is 0.326. The van der Waals surface area contributed by atoms with E-state index in [0.717, 1.165) is 5.56 Å². The second-order valence-corrected chi connectivity index (χ2v) is 3.44. The minimum absolute atomic E-state index is 0.0650. The standard InChI is InChI=1S/C13H12N2O/c1-3-4-5-12(16)13(15-14)11-8-6-10(2)7-9-11/h1,6-9H,4-5H2,2H3. The molecule has 0 heterocycles. The molecule has 0 radical (unpaired) electrons. The van der Waals surface area contributed by atoms with Gasteiger partial charge in [0.25, 0.3) is 0 Å². The number of terminal acetylenes is 1. The predicted octanol–water partition coefficient (Wildman–Crippen LogP) is 2.00. The van der Waals surface area contributed by atoms with Gasteiger partial charge in [-0.05, 0) is 19.1 Å². The van der Waals surface area contributed by atoms with Crippen LogP contribution in [-0.4, -0.2) is 16.3 Å². The van der Waals surface area contributed by atoms with Gasteiger partial charge < -0.3 is 5.53 Å². The van der Waals surface area contributed by atoms with Gasteiger partial charge in [-0.3, -0.25) is 4.79 Å². The molecule has 0 atom stereocenters. The van der Waals surface area contributed by atoms with Crippen LogP contribution in [0.2, 0.25) is 0 Å². The van der Waals surface area contributed by atoms with E-state index in [9.17, 15) is 4.79 Å². The lowest BCUT2D eigenvalue weighted by molar-refractivity contribution is -0.117. The highest BCUT2D eigenvalue weighted by molar-refractivity contribution is 6.43. The van der Waals surface area contributed by atoms with Gasteiger partial charge in [-0.1, -0.05) is 17.7 Å². The van der Waals surface area contributed by atoms with Crippen molar-refractivity contribution in [1.82, 2.24) is 0 Å². The zero-order chi connectivity index (χ0) is 12.0. The molecule has 3 heteroatoms. The van der Waals surface area contributed by atoms with Crippen LogP contribution in [0.3, 0.4) is 0 Å². The Morgan fingerprint density at radius 2 is 2.06 bits per heavy atom. The number of Topliss-reactive ketones (excluding diaryl/α,β-unsaturated/α-hetero) is 1. The number of carbonyl (C=O) groups is 1. The zero-order valence-electron chi connectivity index (χ0n) is 9.10. The molecule has 0 aliphatic rings. The van der Waals surface area contributed by atoms with Crippen LogP contribution in [0.1, 0.15) is 24.0 Å². The Balaban J connectivity index is 2.92. The molecule has 1 aromatic rings. The summed E-state index contributed by atoms with van der Waals surface area (Å²) >= 11 is 0. The molecule has 0 aromatic heterocycles. The van der Waals surface area contributed by atoms with Gasteiger partial charge in [0.2, 0.25) is 5.78 Å². The molecule has 0 saturated carbocycles. The van der Waals surface area contributed by atoms with Crippen molar-refractivity contribution in [2.24, 2.45) is 0 Å². The zero-order valence-corrected chi connectivity index (χ0v) is 9.10. The normalized spacial score (nSPS) is 9.00. The number of carbonyl (C=O) groups excluding carboxylic acids is 1. The summed E-state index contributed by atoms with van der Waals surface area (Å²) in [6, 6.07) is 7.21. The maximum atomic E-state index is 11.6. The summed E-state index contributed by atoms with van der Waals surface area (Å²) in [6.07, 6.45) is 5.62. The molecule has 0 fully saturated rings. The van der Waals surface area contributed by atoms with Crippen molar-refractivity contribution in [2.75, 3.05) is 0 Å². The van der Waals surface area contributed by atoms with Gasteiger partial charge in [0.1, 0.15) is 0 Å². The Labute approximate surface area is 94.7 Å². The lowest BCUT2D eigenvalue weighted by Gasteiger charge is -1.96. The van der Waals surface area contributed by atoms with Crippen LogP contribution in [0.5, 0.6) is 0 Å². The monoisotopic (exact) mass is 212 g/mol. The van der Waals surface area contributed by atoms with Gasteiger partial charge in [-0.25, -0.2) is 0 Å². The number of hydrogen-bond donors (Lipinski definition) is 0. The van der Waals surface area contributed by atoms with Gasteiger partial charge in [-0.2, -0.15) is 4.79 Å².